The quantitative estimate of drug-likeness (QED) is 0.591. The van der Waals surface area contributed by atoms with Crippen LogP contribution in [0.1, 0.15) is 22.8 Å². The third kappa shape index (κ3) is 4.20. The number of halogens is 3. The van der Waals surface area contributed by atoms with Crippen LogP contribution in [0.3, 0.4) is 0 Å². The molecule has 0 saturated carbocycles. The van der Waals surface area contributed by atoms with E-state index < -0.39 is 34.1 Å². The Morgan fingerprint density at radius 1 is 1.12 bits per heavy atom. The highest BCUT2D eigenvalue weighted by atomic mass is 32.2. The monoisotopic (exact) mass is 372 g/mol. The number of aryl methyl sites for hydroxylation is 1. The third-order valence-electron chi connectivity index (χ3n) is 3.82. The van der Waals surface area contributed by atoms with E-state index in [0.717, 1.165) is 17.7 Å². The number of hydrogen-bond acceptors (Lipinski definition) is 4. The van der Waals surface area contributed by atoms with Gasteiger partial charge in [-0.1, -0.05) is 29.8 Å². The normalized spacial score (nSPS) is 20.5. The van der Waals surface area contributed by atoms with Crippen molar-refractivity contribution in [3.8, 4) is 0 Å². The second-order valence-corrected chi connectivity index (χ2v) is 7.39. The summed E-state index contributed by atoms with van der Waals surface area (Å²) in [6.45, 7) is 1.58. The van der Waals surface area contributed by atoms with E-state index in [1.165, 1.54) is 24.3 Å². The molecule has 8 heteroatoms. The summed E-state index contributed by atoms with van der Waals surface area (Å²) in [7, 11) is -3.93. The lowest BCUT2D eigenvalue weighted by atomic mass is 10.1. The molecule has 0 spiro atoms. The molecule has 0 bridgehead atoms. The molecule has 2 aromatic carbocycles. The fraction of sp³-hybridized carbons (Fsp3) is 0.294. The van der Waals surface area contributed by atoms with Crippen LogP contribution in [0.5, 0.6) is 0 Å². The topological polar surface area (TPSA) is 55.9 Å². The van der Waals surface area contributed by atoms with Gasteiger partial charge in [0.05, 0.1) is 17.1 Å². The largest absolute Gasteiger partial charge is 0.416 e. The van der Waals surface area contributed by atoms with Gasteiger partial charge in [0.1, 0.15) is 12.2 Å². The van der Waals surface area contributed by atoms with Gasteiger partial charge in [-0.25, -0.2) is 0 Å². The molecule has 0 aromatic heterocycles. The SMILES string of the molecule is Cc1ccc(S(=O)(=O)OC[C@H]2O[C@H]2c2cccc(C(F)(F)F)c2)cc1. The molecule has 1 fully saturated rings. The number of ether oxygens (including phenoxy) is 1. The summed E-state index contributed by atoms with van der Waals surface area (Å²) in [6.07, 6.45) is -5.63. The Morgan fingerprint density at radius 3 is 2.44 bits per heavy atom. The van der Waals surface area contributed by atoms with Crippen LogP contribution < -0.4 is 0 Å². The van der Waals surface area contributed by atoms with E-state index in [9.17, 15) is 21.6 Å². The minimum atomic E-state index is -4.44. The molecule has 1 saturated heterocycles. The van der Waals surface area contributed by atoms with Gasteiger partial charge in [-0.2, -0.15) is 21.6 Å². The molecule has 3 rings (SSSR count). The van der Waals surface area contributed by atoms with Crippen molar-refractivity contribution >= 4 is 10.1 Å². The van der Waals surface area contributed by atoms with Gasteiger partial charge < -0.3 is 4.74 Å². The lowest BCUT2D eigenvalue weighted by molar-refractivity contribution is -0.137. The maximum absolute atomic E-state index is 12.7. The fourth-order valence-electron chi connectivity index (χ4n) is 2.38. The lowest BCUT2D eigenvalue weighted by Gasteiger charge is -2.07. The summed E-state index contributed by atoms with van der Waals surface area (Å²) >= 11 is 0. The Hall–Kier alpha value is -1.90. The van der Waals surface area contributed by atoms with Crippen LogP contribution >= 0.6 is 0 Å². The Morgan fingerprint density at radius 2 is 1.80 bits per heavy atom. The average molecular weight is 372 g/mol. The van der Waals surface area contributed by atoms with Crippen molar-refractivity contribution < 1.29 is 30.5 Å². The van der Waals surface area contributed by atoms with Gasteiger partial charge in [0.15, 0.2) is 0 Å². The van der Waals surface area contributed by atoms with E-state index in [1.54, 1.807) is 12.1 Å². The van der Waals surface area contributed by atoms with Crippen LogP contribution in [0.4, 0.5) is 13.2 Å². The average Bonchev–Trinajstić information content (AvgIpc) is 3.33. The zero-order valence-corrected chi connectivity index (χ0v) is 14.0. The van der Waals surface area contributed by atoms with Crippen molar-refractivity contribution in [3.63, 3.8) is 0 Å². The molecule has 0 aliphatic carbocycles. The minimum absolute atomic E-state index is 0.0226. The molecule has 0 radical (unpaired) electrons. The lowest BCUT2D eigenvalue weighted by Crippen LogP contribution is -2.11. The van der Waals surface area contributed by atoms with Crippen LogP contribution in [0, 0.1) is 6.92 Å². The van der Waals surface area contributed by atoms with E-state index >= 15 is 0 Å². The highest BCUT2D eigenvalue weighted by Crippen LogP contribution is 2.41. The molecular weight excluding hydrogens is 357 g/mol. The molecule has 0 amide bonds. The third-order valence-corrected chi connectivity index (χ3v) is 5.12. The summed E-state index contributed by atoms with van der Waals surface area (Å²) in [5, 5.41) is 0. The highest BCUT2D eigenvalue weighted by molar-refractivity contribution is 7.86. The molecule has 1 aliphatic heterocycles. The second kappa shape index (κ2) is 6.44. The van der Waals surface area contributed by atoms with E-state index in [1.807, 2.05) is 6.92 Å². The number of alkyl halides is 3. The number of epoxide rings is 1. The van der Waals surface area contributed by atoms with Gasteiger partial charge in [0, 0.05) is 0 Å². The molecule has 1 aliphatic rings. The molecule has 2 atom stereocenters. The minimum Gasteiger partial charge on any atom is -0.362 e. The van der Waals surface area contributed by atoms with Crippen LogP contribution in [-0.4, -0.2) is 21.1 Å². The summed E-state index contributed by atoms with van der Waals surface area (Å²) in [6, 6.07) is 10.9. The zero-order chi connectivity index (χ0) is 18.2. The Kier molecular flexibility index (Phi) is 4.61. The fourth-order valence-corrected chi connectivity index (χ4v) is 3.30. The zero-order valence-electron chi connectivity index (χ0n) is 13.2. The maximum atomic E-state index is 12.7. The van der Waals surface area contributed by atoms with Crippen molar-refractivity contribution in [3.05, 3.63) is 65.2 Å². The van der Waals surface area contributed by atoms with E-state index in [-0.39, 0.29) is 11.5 Å². The van der Waals surface area contributed by atoms with Crippen molar-refractivity contribution in [2.24, 2.45) is 0 Å². The first-order valence-electron chi connectivity index (χ1n) is 7.45. The molecule has 1 heterocycles. The summed E-state index contributed by atoms with van der Waals surface area (Å²) in [4.78, 5) is 0.0226. The summed E-state index contributed by atoms with van der Waals surface area (Å²) in [5.41, 5.74) is 0.484. The first-order chi connectivity index (χ1) is 11.7. The van der Waals surface area contributed by atoms with Crippen molar-refractivity contribution in [2.75, 3.05) is 6.61 Å². The maximum Gasteiger partial charge on any atom is 0.416 e. The van der Waals surface area contributed by atoms with Gasteiger partial charge in [0.25, 0.3) is 10.1 Å². The molecule has 0 unspecified atom stereocenters. The standard InChI is InChI=1S/C17H15F3O4S/c1-11-5-7-14(8-6-11)25(21,22)23-10-15-16(24-15)12-3-2-4-13(9-12)17(18,19)20/h2-9,15-16H,10H2,1H3/t15-,16+/m1/s1. The summed E-state index contributed by atoms with van der Waals surface area (Å²) in [5.74, 6) is 0. The highest BCUT2D eigenvalue weighted by Gasteiger charge is 2.42. The van der Waals surface area contributed by atoms with E-state index in [4.69, 9.17) is 8.92 Å². The molecule has 134 valence electrons. The first kappa shape index (κ1) is 17.9. The summed E-state index contributed by atoms with van der Waals surface area (Å²) < 4.78 is 72.5. The smallest absolute Gasteiger partial charge is 0.362 e. The van der Waals surface area contributed by atoms with Gasteiger partial charge in [0.2, 0.25) is 0 Å². The molecule has 2 aromatic rings. The van der Waals surface area contributed by atoms with Gasteiger partial charge in [-0.3, -0.25) is 4.18 Å². The first-order valence-corrected chi connectivity index (χ1v) is 8.86. The molecule has 4 nitrogen and oxygen atoms in total. The second-order valence-electron chi connectivity index (χ2n) is 5.77. The Bertz CT molecular complexity index is 860. The number of hydrogen-bond donors (Lipinski definition) is 0. The van der Waals surface area contributed by atoms with Gasteiger partial charge >= 0.3 is 6.18 Å². The molecule has 25 heavy (non-hydrogen) atoms. The number of benzene rings is 2. The molecular formula is C17H15F3O4S. The van der Waals surface area contributed by atoms with Gasteiger partial charge in [-0.15, -0.1) is 0 Å². The van der Waals surface area contributed by atoms with Crippen LogP contribution in [0.2, 0.25) is 0 Å². The number of rotatable bonds is 5. The predicted octanol–water partition coefficient (Wildman–Crippen LogP) is 3.86. The van der Waals surface area contributed by atoms with Crippen molar-refractivity contribution in [1.29, 1.82) is 0 Å². The Balaban J connectivity index is 1.63. The van der Waals surface area contributed by atoms with E-state index in [2.05, 4.69) is 0 Å². The Labute approximate surface area is 143 Å². The van der Waals surface area contributed by atoms with Crippen molar-refractivity contribution in [2.45, 2.75) is 30.2 Å². The van der Waals surface area contributed by atoms with Crippen molar-refractivity contribution in [1.82, 2.24) is 0 Å². The van der Waals surface area contributed by atoms with Crippen LogP contribution in [0.25, 0.3) is 0 Å². The van der Waals surface area contributed by atoms with E-state index in [0.29, 0.717) is 5.56 Å². The molecule has 0 N–H and O–H groups in total. The predicted molar refractivity (Wildman–Crippen MR) is 83.4 cm³/mol. The van der Waals surface area contributed by atoms with Gasteiger partial charge in [-0.05, 0) is 36.8 Å². The van der Waals surface area contributed by atoms with Crippen LogP contribution in [0.15, 0.2) is 53.4 Å². The van der Waals surface area contributed by atoms with Crippen LogP contribution in [-0.2, 0) is 25.2 Å².